The van der Waals surface area contributed by atoms with E-state index in [9.17, 15) is 19.2 Å². The molecule has 562 valence electrons. The fourth-order valence-corrected chi connectivity index (χ4v) is 17.9. The Labute approximate surface area is 655 Å². The van der Waals surface area contributed by atoms with Crippen molar-refractivity contribution in [3.63, 3.8) is 0 Å². The second-order valence-corrected chi connectivity index (χ2v) is 34.2. The Kier molecular flexibility index (Phi) is 21.8. The lowest BCUT2D eigenvalue weighted by molar-refractivity contribution is 0.0634. The van der Waals surface area contributed by atoms with E-state index in [0.717, 1.165) is 136 Å². The molecule has 6 aliphatic rings. The van der Waals surface area contributed by atoms with Crippen LogP contribution in [0.2, 0.25) is 0 Å². The van der Waals surface area contributed by atoms with Crippen LogP contribution in [0.15, 0.2) is 180 Å². The zero-order valence-electron chi connectivity index (χ0n) is 63.2. The largest absolute Gasteiger partial charge is 0.444 e. The third-order valence-corrected chi connectivity index (χ3v) is 24.8. The number of nitrogens with two attached hydrogens (primary N) is 2. The summed E-state index contributed by atoms with van der Waals surface area (Å²) in [5.41, 5.74) is 32.5. The number of fused-ring (bicyclic) bond motifs is 3. The lowest BCUT2D eigenvalue weighted by Crippen LogP contribution is -2.44. The van der Waals surface area contributed by atoms with Gasteiger partial charge in [-0.15, -0.1) is 34.0 Å². The minimum Gasteiger partial charge on any atom is -0.444 e. The number of pyridine rings is 3. The Morgan fingerprint density at radius 2 is 0.845 bits per heavy atom. The van der Waals surface area contributed by atoms with E-state index >= 15 is 0 Å². The highest BCUT2D eigenvalue weighted by atomic mass is 32.1. The molecule has 12 aromatic rings. The van der Waals surface area contributed by atoms with Crippen LogP contribution >= 0.6 is 34.0 Å². The van der Waals surface area contributed by atoms with Crippen molar-refractivity contribution in [1.29, 1.82) is 0 Å². The molecule has 6 aromatic carbocycles. The van der Waals surface area contributed by atoms with Crippen LogP contribution in [0.4, 0.5) is 38.9 Å². The second-order valence-electron chi connectivity index (χ2n) is 31.3. The lowest BCUT2D eigenvalue weighted by Gasteiger charge is -2.35. The van der Waals surface area contributed by atoms with Gasteiger partial charge < -0.3 is 41.1 Å². The lowest BCUT2D eigenvalue weighted by atomic mass is 9.97. The number of ether oxygens (including phenoxy) is 1. The van der Waals surface area contributed by atoms with E-state index in [4.69, 9.17) is 31.2 Å². The number of Topliss-reactive ketones (excluding diaryl/α,β-unsaturated/α-hetero) is 3. The molecule has 9 heterocycles. The van der Waals surface area contributed by atoms with Crippen molar-refractivity contribution >= 4 is 124 Å². The molecule has 3 saturated carbocycles. The number of ketones is 3. The van der Waals surface area contributed by atoms with Crippen molar-refractivity contribution in [3.8, 4) is 31.3 Å². The molecular weight excluding hydrogens is 1420 g/mol. The van der Waals surface area contributed by atoms with Crippen LogP contribution in [0.1, 0.15) is 161 Å². The fourth-order valence-electron chi connectivity index (χ4n) is 15.7. The maximum Gasteiger partial charge on any atom is 0.412 e. The number of carbonyl (C=O) groups is 4. The number of hydrogen-bond donors (Lipinski definition) is 4. The number of nitrogens with zero attached hydrogens (tertiary/aromatic N) is 7. The summed E-state index contributed by atoms with van der Waals surface area (Å²) >= 11 is 5.01. The summed E-state index contributed by atoms with van der Waals surface area (Å²) in [5, 5.41) is 15.6. The number of piperazine rings is 2. The number of benzene rings is 6. The summed E-state index contributed by atoms with van der Waals surface area (Å²) in [7, 11) is 2.19. The van der Waals surface area contributed by atoms with Gasteiger partial charge in [0.25, 0.3) is 0 Å². The molecule has 0 radical (unpaired) electrons. The van der Waals surface area contributed by atoms with Crippen LogP contribution in [0, 0.1) is 0 Å². The highest BCUT2D eigenvalue weighted by Gasteiger charge is 2.35. The Hall–Kier alpha value is -10.2. The first-order valence-electron chi connectivity index (χ1n) is 39.0. The summed E-state index contributed by atoms with van der Waals surface area (Å²) in [6.45, 7) is 16.0. The van der Waals surface area contributed by atoms with E-state index in [1.54, 1.807) is 52.6 Å². The van der Waals surface area contributed by atoms with Crippen molar-refractivity contribution in [3.05, 3.63) is 230 Å². The molecule has 1 amide bonds. The molecule has 0 unspecified atom stereocenters. The average molecular weight is 1520 g/mol. The van der Waals surface area contributed by atoms with Crippen LogP contribution in [0.25, 0.3) is 64.0 Å². The van der Waals surface area contributed by atoms with Crippen LogP contribution < -0.4 is 36.8 Å². The molecule has 19 heteroatoms. The number of thiophene rings is 3. The minimum absolute atomic E-state index is 0.0388. The molecule has 0 atom stereocenters. The maximum atomic E-state index is 13.7. The Morgan fingerprint density at radius 3 is 1.24 bits per heavy atom. The predicted molar refractivity (Wildman–Crippen MR) is 454 cm³/mol. The molecule has 16 nitrogen and oxygen atoms in total. The highest BCUT2D eigenvalue weighted by Crippen LogP contribution is 2.51. The highest BCUT2D eigenvalue weighted by molar-refractivity contribution is 7.14. The average Bonchev–Trinajstić information content (AvgIpc) is 1.51. The van der Waals surface area contributed by atoms with Crippen molar-refractivity contribution in [1.82, 2.24) is 25.2 Å². The normalized spacial score (nSPS) is 16.1. The minimum atomic E-state index is -0.624. The number of piperidine rings is 1. The molecule has 6 fully saturated rings. The van der Waals surface area contributed by atoms with Gasteiger partial charge in [-0.1, -0.05) is 54.6 Å². The van der Waals surface area contributed by atoms with Crippen molar-refractivity contribution in [2.45, 2.75) is 121 Å². The second kappa shape index (κ2) is 32.4. The summed E-state index contributed by atoms with van der Waals surface area (Å²) < 4.78 is 5.48. The molecule has 6 N–H and O–H groups in total. The number of rotatable bonds is 19. The van der Waals surface area contributed by atoms with Crippen LogP contribution in [-0.4, -0.2) is 121 Å². The van der Waals surface area contributed by atoms with Crippen molar-refractivity contribution in [2.24, 2.45) is 0 Å². The van der Waals surface area contributed by atoms with E-state index in [1.165, 1.54) is 101 Å². The quantitative estimate of drug-likeness (QED) is 0.0439. The van der Waals surface area contributed by atoms with Gasteiger partial charge in [0.1, 0.15) is 5.60 Å². The Balaban J connectivity index is 0.000000126. The molecule has 3 saturated heterocycles. The molecule has 6 aromatic heterocycles. The van der Waals surface area contributed by atoms with Crippen LogP contribution in [-0.2, 0) is 24.0 Å². The van der Waals surface area contributed by atoms with Gasteiger partial charge in [-0.25, -0.2) is 4.79 Å². The topological polar surface area (TPSA) is 205 Å². The van der Waals surface area contributed by atoms with Gasteiger partial charge in [0, 0.05) is 202 Å². The molecule has 0 bridgehead atoms. The van der Waals surface area contributed by atoms with E-state index in [0.29, 0.717) is 51.5 Å². The molecule has 18 rings (SSSR count). The number of amides is 1. The van der Waals surface area contributed by atoms with Gasteiger partial charge >= 0.3 is 6.09 Å². The van der Waals surface area contributed by atoms with Crippen molar-refractivity contribution in [2.75, 3.05) is 104 Å². The number of hydrogen-bond acceptors (Lipinski definition) is 18. The number of nitrogen functional groups attached to an aromatic ring is 2. The summed E-state index contributed by atoms with van der Waals surface area (Å²) in [4.78, 5) is 80.8. The SMILES string of the molecule is CC(C)(C)OC(=O)Nc1ccc(-c2cccs2)cc1CC(=O)c1cnc2c(C3CC3)c(N3CCCCC3)ccc2c1.CN1CCN(c2ccc3cc(C(=O)Cc4cc(-c5cccs5)ccc4N)cnc3c2C2CC2)CC1.Nc1ccc(-c2cccs2)cc1CC(=O)c1cnc2c(C3CC3)c(N3CCNCC3)ccc2c1. The summed E-state index contributed by atoms with van der Waals surface area (Å²) in [6.07, 6.45) is 16.5. The summed E-state index contributed by atoms with van der Waals surface area (Å²) in [5.74, 6) is 1.79. The summed E-state index contributed by atoms with van der Waals surface area (Å²) in [6, 6.07) is 49.2. The van der Waals surface area contributed by atoms with E-state index in [-0.39, 0.29) is 36.6 Å². The van der Waals surface area contributed by atoms with Gasteiger partial charge in [-0.3, -0.25) is 34.7 Å². The predicted octanol–water partition coefficient (Wildman–Crippen LogP) is 19.5. The Bertz CT molecular complexity index is 5370. The first kappa shape index (κ1) is 74.0. The number of carbonyl (C=O) groups excluding carboxylic acids is 4. The standard InChI is InChI=1S/C34H37N3O3S.C29H30N4OS.C28H28N4OS/c1-34(2,3)40-33(39)36-27-13-11-23(30-8-7-17-41-30)18-25(27)20-29(38)26-19-24-12-14-28(37-15-5-4-6-16-37)31(22-9-10-22)32(24)35-21-26;1-32-10-12-33(13-11-32)25-9-7-21-16-23(18-31-29(21)28(25)19-4-5-19)26(34)17-22-15-20(6-8-24(22)30)27-3-2-14-35-27;29-23-7-5-19(26-2-1-13-34-26)14-21(23)16-25(33)22-15-20-6-8-24(32-11-9-30-10-12-32)27(18-3-4-18)28(20)31-17-22/h7-8,11-14,17-19,21-22H,4-6,9-10,15-16,20H2,1-3H3,(H,36,39);2-3,6-9,14-16,18-19H,4-5,10-13,17,30H2,1H3;1-2,5-8,13-15,17-18,30H,3-4,9-12,16,29H2. The van der Waals surface area contributed by atoms with Crippen LogP contribution in [0.3, 0.4) is 0 Å². The molecule has 3 aliphatic carbocycles. The number of anilines is 6. The third kappa shape index (κ3) is 17.1. The number of nitrogens with one attached hydrogen (secondary N) is 2. The smallest absolute Gasteiger partial charge is 0.412 e. The molecule has 0 spiro atoms. The first-order chi connectivity index (χ1) is 53.5. The first-order valence-corrected chi connectivity index (χ1v) is 41.7. The molecule has 3 aliphatic heterocycles. The molecular formula is C91H95N11O5S3. The van der Waals surface area contributed by atoms with Gasteiger partial charge in [-0.2, -0.15) is 0 Å². The van der Waals surface area contributed by atoms with Gasteiger partial charge in [0.2, 0.25) is 0 Å². The van der Waals surface area contributed by atoms with E-state index < -0.39 is 11.7 Å². The third-order valence-electron chi connectivity index (χ3n) is 22.0. The van der Waals surface area contributed by atoms with E-state index in [2.05, 4.69) is 103 Å². The van der Waals surface area contributed by atoms with Gasteiger partial charge in [0.15, 0.2) is 17.3 Å². The zero-order valence-corrected chi connectivity index (χ0v) is 65.6. The van der Waals surface area contributed by atoms with Gasteiger partial charge in [0.05, 0.1) is 16.6 Å². The Morgan fingerprint density at radius 1 is 0.464 bits per heavy atom. The molecule has 110 heavy (non-hydrogen) atoms. The fraction of sp³-hybridized carbons (Fsp3) is 0.330. The van der Waals surface area contributed by atoms with Crippen molar-refractivity contribution < 1.29 is 23.9 Å². The number of likely N-dealkylation sites (N-methyl/N-ethyl adjacent to an activating group) is 1. The maximum absolute atomic E-state index is 13.7. The van der Waals surface area contributed by atoms with Crippen LogP contribution in [0.5, 0.6) is 0 Å². The zero-order chi connectivity index (χ0) is 75.6. The van der Waals surface area contributed by atoms with Gasteiger partial charge in [-0.05, 0) is 244 Å². The monoisotopic (exact) mass is 1520 g/mol. The number of aromatic nitrogens is 3. The van der Waals surface area contributed by atoms with E-state index in [1.807, 2.05) is 117 Å².